The second kappa shape index (κ2) is 5.61. The van der Waals surface area contributed by atoms with Crippen LogP contribution in [-0.4, -0.2) is 24.2 Å². The summed E-state index contributed by atoms with van der Waals surface area (Å²) in [6.45, 7) is 3.30. The number of hydrogen-bond acceptors (Lipinski definition) is 2. The van der Waals surface area contributed by atoms with E-state index < -0.39 is 5.97 Å². The molecule has 0 bridgehead atoms. The smallest absolute Gasteiger partial charge is 0.305 e. The SMILES string of the molecule is CCN(CCC(=O)O)c1ccc(Cl)cc1. The largest absolute Gasteiger partial charge is 0.481 e. The van der Waals surface area contributed by atoms with Crippen molar-refractivity contribution < 1.29 is 9.90 Å². The Balaban J connectivity index is 2.65. The summed E-state index contributed by atoms with van der Waals surface area (Å²) in [6.07, 6.45) is 0.149. The van der Waals surface area contributed by atoms with Crippen molar-refractivity contribution in [2.24, 2.45) is 0 Å². The van der Waals surface area contributed by atoms with Crippen molar-refractivity contribution in [2.45, 2.75) is 13.3 Å². The van der Waals surface area contributed by atoms with Gasteiger partial charge in [0.2, 0.25) is 0 Å². The van der Waals surface area contributed by atoms with Crippen LogP contribution in [-0.2, 0) is 4.79 Å². The monoisotopic (exact) mass is 227 g/mol. The number of rotatable bonds is 5. The molecule has 0 fully saturated rings. The van der Waals surface area contributed by atoms with Crippen molar-refractivity contribution in [3.63, 3.8) is 0 Å². The van der Waals surface area contributed by atoms with E-state index in [1.54, 1.807) is 12.1 Å². The van der Waals surface area contributed by atoms with E-state index in [2.05, 4.69) is 0 Å². The first-order chi connectivity index (χ1) is 7.13. The van der Waals surface area contributed by atoms with Gasteiger partial charge >= 0.3 is 5.97 Å². The van der Waals surface area contributed by atoms with Crippen LogP contribution in [0.2, 0.25) is 5.02 Å². The first-order valence-electron chi connectivity index (χ1n) is 4.85. The van der Waals surface area contributed by atoms with Gasteiger partial charge in [0.1, 0.15) is 0 Å². The molecule has 4 heteroatoms. The van der Waals surface area contributed by atoms with Crippen LogP contribution in [0.4, 0.5) is 5.69 Å². The Labute approximate surface area is 94.3 Å². The Morgan fingerprint density at radius 3 is 2.47 bits per heavy atom. The third-order valence-electron chi connectivity index (χ3n) is 2.17. The highest BCUT2D eigenvalue weighted by Gasteiger charge is 2.06. The van der Waals surface area contributed by atoms with Crippen LogP contribution in [0.15, 0.2) is 24.3 Å². The van der Waals surface area contributed by atoms with Crippen LogP contribution < -0.4 is 4.90 Å². The molecule has 3 nitrogen and oxygen atoms in total. The number of carbonyl (C=O) groups is 1. The quantitative estimate of drug-likeness (QED) is 0.841. The fourth-order valence-corrected chi connectivity index (χ4v) is 1.48. The molecule has 0 amide bonds. The van der Waals surface area contributed by atoms with E-state index >= 15 is 0 Å². The molecular formula is C11H14ClNO2. The minimum absolute atomic E-state index is 0.149. The number of nitrogens with zero attached hydrogens (tertiary/aromatic N) is 1. The topological polar surface area (TPSA) is 40.5 Å². The summed E-state index contributed by atoms with van der Waals surface area (Å²) in [5.41, 5.74) is 1.00. The van der Waals surface area contributed by atoms with Crippen molar-refractivity contribution in [3.05, 3.63) is 29.3 Å². The van der Waals surface area contributed by atoms with Gasteiger partial charge in [-0.15, -0.1) is 0 Å². The Morgan fingerprint density at radius 1 is 1.40 bits per heavy atom. The molecule has 1 rings (SSSR count). The molecule has 0 aliphatic rings. The summed E-state index contributed by atoms with van der Waals surface area (Å²) in [5.74, 6) is -0.776. The Bertz CT molecular complexity index is 324. The van der Waals surface area contributed by atoms with Gasteiger partial charge in [0, 0.05) is 23.8 Å². The van der Waals surface area contributed by atoms with Crippen LogP contribution in [0.1, 0.15) is 13.3 Å². The molecule has 1 aromatic rings. The standard InChI is InChI=1S/C11H14ClNO2/c1-2-13(8-7-11(14)15)10-5-3-9(12)4-6-10/h3-6H,2,7-8H2,1H3,(H,14,15). The van der Waals surface area contributed by atoms with E-state index in [1.165, 1.54) is 0 Å². The Kier molecular flexibility index (Phi) is 4.43. The third kappa shape index (κ3) is 3.80. The molecular weight excluding hydrogens is 214 g/mol. The molecule has 0 saturated heterocycles. The summed E-state index contributed by atoms with van der Waals surface area (Å²) < 4.78 is 0. The molecule has 1 N–H and O–H groups in total. The van der Waals surface area contributed by atoms with E-state index in [1.807, 2.05) is 24.0 Å². The van der Waals surface area contributed by atoms with E-state index in [0.717, 1.165) is 12.2 Å². The fourth-order valence-electron chi connectivity index (χ4n) is 1.35. The zero-order valence-electron chi connectivity index (χ0n) is 8.61. The molecule has 0 atom stereocenters. The lowest BCUT2D eigenvalue weighted by atomic mass is 10.2. The van der Waals surface area contributed by atoms with Gasteiger partial charge in [0.25, 0.3) is 0 Å². The van der Waals surface area contributed by atoms with Crippen LogP contribution in [0.25, 0.3) is 0 Å². The minimum Gasteiger partial charge on any atom is -0.481 e. The van der Waals surface area contributed by atoms with Crippen LogP contribution in [0.5, 0.6) is 0 Å². The molecule has 0 spiro atoms. The summed E-state index contributed by atoms with van der Waals surface area (Å²) in [4.78, 5) is 12.5. The average Bonchev–Trinajstić information content (AvgIpc) is 2.21. The summed E-state index contributed by atoms with van der Waals surface area (Å²) in [6, 6.07) is 7.40. The zero-order valence-corrected chi connectivity index (χ0v) is 9.37. The number of hydrogen-bond donors (Lipinski definition) is 1. The van der Waals surface area contributed by atoms with Gasteiger partial charge in [-0.2, -0.15) is 0 Å². The third-order valence-corrected chi connectivity index (χ3v) is 2.42. The van der Waals surface area contributed by atoms with Crippen molar-refractivity contribution in [2.75, 3.05) is 18.0 Å². The summed E-state index contributed by atoms with van der Waals surface area (Å²) >= 11 is 5.77. The molecule has 0 aliphatic heterocycles. The maximum absolute atomic E-state index is 10.5. The second-order valence-electron chi connectivity index (χ2n) is 3.20. The van der Waals surface area contributed by atoms with E-state index in [4.69, 9.17) is 16.7 Å². The van der Waals surface area contributed by atoms with Gasteiger partial charge in [0.15, 0.2) is 0 Å². The number of halogens is 1. The summed E-state index contributed by atoms with van der Waals surface area (Å²) in [5, 5.41) is 9.29. The normalized spacial score (nSPS) is 10.0. The molecule has 1 aromatic carbocycles. The lowest BCUT2D eigenvalue weighted by molar-refractivity contribution is -0.136. The van der Waals surface area contributed by atoms with Gasteiger partial charge < -0.3 is 10.0 Å². The van der Waals surface area contributed by atoms with Gasteiger partial charge in [-0.05, 0) is 31.2 Å². The van der Waals surface area contributed by atoms with Crippen molar-refractivity contribution in [1.29, 1.82) is 0 Å². The van der Waals surface area contributed by atoms with Crippen LogP contribution >= 0.6 is 11.6 Å². The Morgan fingerprint density at radius 2 is 2.00 bits per heavy atom. The lowest BCUT2D eigenvalue weighted by Gasteiger charge is -2.22. The minimum atomic E-state index is -0.776. The van der Waals surface area contributed by atoms with Crippen LogP contribution in [0.3, 0.4) is 0 Å². The highest BCUT2D eigenvalue weighted by atomic mass is 35.5. The number of carboxylic acid groups (broad SMARTS) is 1. The fraction of sp³-hybridized carbons (Fsp3) is 0.364. The average molecular weight is 228 g/mol. The molecule has 0 saturated carbocycles. The number of carboxylic acids is 1. The predicted molar refractivity (Wildman–Crippen MR) is 61.6 cm³/mol. The van der Waals surface area contributed by atoms with E-state index in [0.29, 0.717) is 11.6 Å². The molecule has 15 heavy (non-hydrogen) atoms. The maximum Gasteiger partial charge on any atom is 0.305 e. The molecule has 0 aromatic heterocycles. The molecule has 0 aliphatic carbocycles. The highest BCUT2D eigenvalue weighted by molar-refractivity contribution is 6.30. The van der Waals surface area contributed by atoms with E-state index in [-0.39, 0.29) is 6.42 Å². The first kappa shape index (κ1) is 11.9. The first-order valence-corrected chi connectivity index (χ1v) is 5.23. The van der Waals surface area contributed by atoms with Crippen LogP contribution in [0, 0.1) is 0 Å². The Hall–Kier alpha value is -1.22. The molecule has 0 heterocycles. The van der Waals surface area contributed by atoms with Crippen molar-refractivity contribution in [3.8, 4) is 0 Å². The molecule has 82 valence electrons. The van der Waals surface area contributed by atoms with Gasteiger partial charge in [-0.3, -0.25) is 4.79 Å². The highest BCUT2D eigenvalue weighted by Crippen LogP contribution is 2.17. The van der Waals surface area contributed by atoms with Crippen molar-refractivity contribution in [1.82, 2.24) is 0 Å². The van der Waals surface area contributed by atoms with E-state index in [9.17, 15) is 4.79 Å². The predicted octanol–water partition coefficient (Wildman–Crippen LogP) is 2.64. The lowest BCUT2D eigenvalue weighted by Crippen LogP contribution is -2.25. The van der Waals surface area contributed by atoms with Gasteiger partial charge in [-0.1, -0.05) is 11.6 Å². The van der Waals surface area contributed by atoms with Crippen molar-refractivity contribution >= 4 is 23.3 Å². The van der Waals surface area contributed by atoms with Gasteiger partial charge in [0.05, 0.1) is 6.42 Å². The molecule has 0 unspecified atom stereocenters. The number of aliphatic carboxylic acids is 1. The maximum atomic E-state index is 10.5. The summed E-state index contributed by atoms with van der Waals surface area (Å²) in [7, 11) is 0. The second-order valence-corrected chi connectivity index (χ2v) is 3.64. The zero-order chi connectivity index (χ0) is 11.3. The number of anilines is 1. The number of benzene rings is 1. The van der Waals surface area contributed by atoms with Gasteiger partial charge in [-0.25, -0.2) is 0 Å². The molecule has 0 radical (unpaired) electrons.